The number of aromatic nitrogens is 2. The lowest BCUT2D eigenvalue weighted by Gasteiger charge is -2.15. The van der Waals surface area contributed by atoms with Gasteiger partial charge in [0.2, 0.25) is 0 Å². The molecule has 1 atom stereocenters. The van der Waals surface area contributed by atoms with Crippen molar-refractivity contribution in [3.05, 3.63) is 58.1 Å². The van der Waals surface area contributed by atoms with Gasteiger partial charge in [-0.05, 0) is 26.8 Å². The monoisotopic (exact) mass is 303 g/mol. The van der Waals surface area contributed by atoms with Gasteiger partial charge in [0.25, 0.3) is 0 Å². The second kappa shape index (κ2) is 5.58. The maximum Gasteiger partial charge on any atom is 0.194 e. The topological polar surface area (TPSA) is 29.3 Å². The summed E-state index contributed by atoms with van der Waals surface area (Å²) in [6, 6.07) is 6.85. The molecule has 110 valence electrons. The van der Waals surface area contributed by atoms with Crippen LogP contribution in [0.4, 0.5) is 4.39 Å². The Morgan fingerprint density at radius 3 is 2.86 bits per heavy atom. The smallest absolute Gasteiger partial charge is 0.194 e. The van der Waals surface area contributed by atoms with Gasteiger partial charge in [-0.3, -0.25) is 4.40 Å². The number of nitrogens with zero attached hydrogens (tertiary/aromatic N) is 2. The van der Waals surface area contributed by atoms with Crippen LogP contribution >= 0.6 is 11.3 Å². The Kier molecular flexibility index (Phi) is 3.78. The third-order valence-electron chi connectivity index (χ3n) is 3.78. The molecule has 0 radical (unpaired) electrons. The maximum atomic E-state index is 13.8. The van der Waals surface area contributed by atoms with Gasteiger partial charge < -0.3 is 5.32 Å². The fourth-order valence-corrected chi connectivity index (χ4v) is 3.49. The predicted molar refractivity (Wildman–Crippen MR) is 84.2 cm³/mol. The largest absolute Gasteiger partial charge is 0.304 e. The number of imidazole rings is 1. The van der Waals surface area contributed by atoms with Crippen LogP contribution in [0.5, 0.6) is 0 Å². The second-order valence-corrected chi connectivity index (χ2v) is 6.10. The molecule has 0 saturated carbocycles. The highest BCUT2D eigenvalue weighted by Gasteiger charge is 2.14. The van der Waals surface area contributed by atoms with E-state index in [1.807, 2.05) is 26.0 Å². The molecule has 3 nitrogen and oxygen atoms in total. The van der Waals surface area contributed by atoms with E-state index in [1.54, 1.807) is 17.4 Å². The van der Waals surface area contributed by atoms with Gasteiger partial charge in [0.1, 0.15) is 5.82 Å². The fraction of sp³-hybridized carbons (Fsp3) is 0.312. The molecule has 0 saturated heterocycles. The van der Waals surface area contributed by atoms with Gasteiger partial charge >= 0.3 is 0 Å². The lowest BCUT2D eigenvalue weighted by Crippen LogP contribution is -2.20. The molecule has 0 bridgehead atoms. The zero-order chi connectivity index (χ0) is 15.0. The number of hydrogen-bond donors (Lipinski definition) is 1. The SMILES string of the molecule is Cc1nc2scc(C)n2c1CN[C@H](C)c1ccccc1F. The lowest BCUT2D eigenvalue weighted by molar-refractivity contribution is 0.522. The Labute approximate surface area is 127 Å². The third-order valence-corrected chi connectivity index (χ3v) is 4.72. The number of aryl methyl sites for hydroxylation is 2. The minimum atomic E-state index is -0.167. The summed E-state index contributed by atoms with van der Waals surface area (Å²) in [7, 11) is 0. The van der Waals surface area contributed by atoms with Crippen molar-refractivity contribution in [3.63, 3.8) is 0 Å². The van der Waals surface area contributed by atoms with E-state index < -0.39 is 0 Å². The van der Waals surface area contributed by atoms with Crippen LogP contribution in [0.15, 0.2) is 29.6 Å². The van der Waals surface area contributed by atoms with Crippen molar-refractivity contribution < 1.29 is 4.39 Å². The minimum absolute atomic E-state index is 0.0462. The Morgan fingerprint density at radius 2 is 2.10 bits per heavy atom. The average molecular weight is 303 g/mol. The van der Waals surface area contributed by atoms with Crippen LogP contribution in [0.1, 0.15) is 35.6 Å². The summed E-state index contributed by atoms with van der Waals surface area (Å²) in [4.78, 5) is 5.58. The zero-order valence-corrected chi connectivity index (χ0v) is 13.2. The van der Waals surface area contributed by atoms with Gasteiger partial charge in [0, 0.05) is 29.2 Å². The predicted octanol–water partition coefficient (Wildman–Crippen LogP) is 4.00. The highest BCUT2D eigenvalue weighted by molar-refractivity contribution is 7.15. The first kappa shape index (κ1) is 14.2. The van der Waals surface area contributed by atoms with E-state index >= 15 is 0 Å². The molecule has 1 N–H and O–H groups in total. The molecule has 3 aromatic rings. The molecule has 2 heterocycles. The van der Waals surface area contributed by atoms with Crippen molar-refractivity contribution in [2.24, 2.45) is 0 Å². The number of halogens is 1. The Bertz CT molecular complexity index is 775. The Morgan fingerprint density at radius 1 is 1.33 bits per heavy atom. The van der Waals surface area contributed by atoms with Crippen LogP contribution in [-0.4, -0.2) is 9.38 Å². The number of fused-ring (bicyclic) bond motifs is 1. The summed E-state index contributed by atoms with van der Waals surface area (Å²) in [5.74, 6) is -0.167. The molecule has 0 aliphatic carbocycles. The molecule has 2 aromatic heterocycles. The Hall–Kier alpha value is -1.72. The molecular formula is C16H18FN3S. The van der Waals surface area contributed by atoms with Gasteiger partial charge in [-0.1, -0.05) is 18.2 Å². The van der Waals surface area contributed by atoms with E-state index in [9.17, 15) is 4.39 Å². The highest BCUT2D eigenvalue weighted by atomic mass is 32.1. The van der Waals surface area contributed by atoms with Crippen molar-refractivity contribution in [3.8, 4) is 0 Å². The number of benzene rings is 1. The molecule has 5 heteroatoms. The summed E-state index contributed by atoms with van der Waals surface area (Å²) in [5.41, 5.74) is 4.05. The first-order valence-electron chi connectivity index (χ1n) is 6.97. The summed E-state index contributed by atoms with van der Waals surface area (Å²) in [6.45, 7) is 6.74. The van der Waals surface area contributed by atoms with Gasteiger partial charge in [-0.15, -0.1) is 11.3 Å². The number of rotatable bonds is 4. The summed E-state index contributed by atoms with van der Waals surface area (Å²) < 4.78 is 16.0. The van der Waals surface area contributed by atoms with Gasteiger partial charge in [-0.25, -0.2) is 9.37 Å². The van der Waals surface area contributed by atoms with Crippen LogP contribution in [0, 0.1) is 19.7 Å². The molecule has 0 fully saturated rings. The first-order chi connectivity index (χ1) is 10.1. The van der Waals surface area contributed by atoms with E-state index in [4.69, 9.17) is 0 Å². The van der Waals surface area contributed by atoms with Crippen LogP contribution in [0.3, 0.4) is 0 Å². The minimum Gasteiger partial charge on any atom is -0.304 e. The number of nitrogens with one attached hydrogen (secondary N) is 1. The van der Waals surface area contributed by atoms with Crippen molar-refractivity contribution in [1.29, 1.82) is 0 Å². The van der Waals surface area contributed by atoms with Crippen LogP contribution in [0.25, 0.3) is 4.96 Å². The molecular weight excluding hydrogens is 285 g/mol. The molecule has 0 unspecified atom stereocenters. The van der Waals surface area contributed by atoms with Crippen molar-refractivity contribution in [2.75, 3.05) is 0 Å². The molecule has 3 rings (SSSR count). The van der Waals surface area contributed by atoms with Crippen LogP contribution < -0.4 is 5.32 Å². The lowest BCUT2D eigenvalue weighted by atomic mass is 10.1. The van der Waals surface area contributed by atoms with E-state index in [0.717, 1.165) is 16.3 Å². The number of hydrogen-bond acceptors (Lipinski definition) is 3. The maximum absolute atomic E-state index is 13.8. The van der Waals surface area contributed by atoms with E-state index in [1.165, 1.54) is 11.8 Å². The van der Waals surface area contributed by atoms with Crippen molar-refractivity contribution in [2.45, 2.75) is 33.4 Å². The molecule has 1 aromatic carbocycles. The van der Waals surface area contributed by atoms with Gasteiger partial charge in [-0.2, -0.15) is 0 Å². The third kappa shape index (κ3) is 2.59. The van der Waals surface area contributed by atoms with E-state index in [2.05, 4.69) is 27.0 Å². The summed E-state index contributed by atoms with van der Waals surface area (Å²) in [6.07, 6.45) is 0. The van der Waals surface area contributed by atoms with Gasteiger partial charge in [0.05, 0.1) is 11.4 Å². The normalized spacial score (nSPS) is 13.0. The molecule has 0 amide bonds. The van der Waals surface area contributed by atoms with Crippen molar-refractivity contribution in [1.82, 2.24) is 14.7 Å². The quantitative estimate of drug-likeness (QED) is 0.789. The summed E-state index contributed by atoms with van der Waals surface area (Å²) >= 11 is 1.65. The fourth-order valence-electron chi connectivity index (χ4n) is 2.56. The van der Waals surface area contributed by atoms with Crippen LogP contribution in [0.2, 0.25) is 0 Å². The van der Waals surface area contributed by atoms with Crippen molar-refractivity contribution >= 4 is 16.3 Å². The standard InChI is InChI=1S/C16H18FN3S/c1-10-9-21-16-19-12(3)15(20(10)16)8-18-11(2)13-6-4-5-7-14(13)17/h4-7,9,11,18H,8H2,1-3H3/t11-/m1/s1. The second-order valence-electron chi connectivity index (χ2n) is 5.26. The zero-order valence-electron chi connectivity index (χ0n) is 12.4. The summed E-state index contributed by atoms with van der Waals surface area (Å²) in [5, 5.41) is 5.50. The van der Waals surface area contributed by atoms with E-state index in [-0.39, 0.29) is 11.9 Å². The van der Waals surface area contributed by atoms with E-state index in [0.29, 0.717) is 12.1 Å². The Balaban J connectivity index is 1.82. The first-order valence-corrected chi connectivity index (χ1v) is 7.85. The number of thiazole rings is 1. The van der Waals surface area contributed by atoms with Gasteiger partial charge in [0.15, 0.2) is 4.96 Å². The highest BCUT2D eigenvalue weighted by Crippen LogP contribution is 2.22. The molecule has 0 spiro atoms. The molecule has 0 aliphatic rings. The van der Waals surface area contributed by atoms with Crippen LogP contribution in [-0.2, 0) is 6.54 Å². The molecule has 21 heavy (non-hydrogen) atoms. The average Bonchev–Trinajstić information content (AvgIpc) is 2.96. The molecule has 0 aliphatic heterocycles.